The molecule has 1 N–H and O–H groups in total. The van der Waals surface area contributed by atoms with Gasteiger partial charge in [0.15, 0.2) is 0 Å². The van der Waals surface area contributed by atoms with Crippen molar-refractivity contribution in [2.45, 2.75) is 25.3 Å². The van der Waals surface area contributed by atoms with Gasteiger partial charge in [0.05, 0.1) is 13.0 Å². The first-order chi connectivity index (χ1) is 6.75. The van der Waals surface area contributed by atoms with Crippen LogP contribution in [0.25, 0.3) is 0 Å². The van der Waals surface area contributed by atoms with Gasteiger partial charge in [-0.05, 0) is 19.4 Å². The molecule has 0 saturated carbocycles. The molecule has 1 rings (SSSR count). The molecule has 1 amide bonds. The van der Waals surface area contributed by atoms with Crippen LogP contribution in [-0.2, 0) is 9.53 Å². The number of hydrogen-bond acceptors (Lipinski definition) is 3. The smallest absolute Gasteiger partial charge is 0.224 e. The van der Waals surface area contributed by atoms with Crippen molar-refractivity contribution in [2.75, 3.05) is 33.9 Å². The molecule has 1 heterocycles. The normalized spacial score (nSPS) is 22.0. The van der Waals surface area contributed by atoms with Crippen molar-refractivity contribution < 1.29 is 9.53 Å². The van der Waals surface area contributed by atoms with Gasteiger partial charge < -0.3 is 15.0 Å². The minimum Gasteiger partial charge on any atom is -0.384 e. The third-order valence-electron chi connectivity index (χ3n) is 2.73. The van der Waals surface area contributed by atoms with E-state index in [0.717, 1.165) is 25.9 Å². The molecule has 0 aromatic heterocycles. The molecule has 0 spiro atoms. The molecule has 1 aliphatic rings. The Morgan fingerprint density at radius 3 is 3.00 bits per heavy atom. The van der Waals surface area contributed by atoms with Crippen LogP contribution in [0, 0.1) is 0 Å². The second kappa shape index (κ2) is 5.98. The summed E-state index contributed by atoms with van der Waals surface area (Å²) in [6.07, 6.45) is 2.76. The molecular formula is C10H20N2O2. The highest BCUT2D eigenvalue weighted by molar-refractivity contribution is 5.76. The Kier molecular flexibility index (Phi) is 4.90. The molecule has 4 nitrogen and oxygen atoms in total. The summed E-state index contributed by atoms with van der Waals surface area (Å²) in [5, 5.41) is 3.30. The fourth-order valence-corrected chi connectivity index (χ4v) is 1.73. The van der Waals surface area contributed by atoms with E-state index in [9.17, 15) is 4.79 Å². The Hall–Kier alpha value is -0.610. The highest BCUT2D eigenvalue weighted by Crippen LogP contribution is 2.09. The molecule has 1 atom stereocenters. The monoisotopic (exact) mass is 200 g/mol. The maximum atomic E-state index is 11.6. The Balaban J connectivity index is 2.30. The summed E-state index contributed by atoms with van der Waals surface area (Å²) in [6, 6.07) is 0.369. The van der Waals surface area contributed by atoms with Crippen molar-refractivity contribution in [3.63, 3.8) is 0 Å². The number of carbonyl (C=O) groups excluding carboxylic acids is 1. The van der Waals surface area contributed by atoms with Crippen LogP contribution >= 0.6 is 0 Å². The molecule has 82 valence electrons. The largest absolute Gasteiger partial charge is 0.384 e. The highest BCUT2D eigenvalue weighted by atomic mass is 16.5. The SMILES string of the molecule is COCCC(=O)N(C)[C@@H]1CCCNC1. The zero-order valence-electron chi connectivity index (χ0n) is 9.08. The average Bonchev–Trinajstić information content (AvgIpc) is 2.26. The number of carbonyl (C=O) groups is 1. The number of nitrogens with zero attached hydrogens (tertiary/aromatic N) is 1. The first-order valence-electron chi connectivity index (χ1n) is 5.21. The molecule has 1 aliphatic heterocycles. The maximum absolute atomic E-state index is 11.6. The molecule has 1 fully saturated rings. The zero-order valence-corrected chi connectivity index (χ0v) is 9.08. The van der Waals surface area contributed by atoms with E-state index in [4.69, 9.17) is 4.74 Å². The van der Waals surface area contributed by atoms with Crippen molar-refractivity contribution >= 4 is 5.91 Å². The van der Waals surface area contributed by atoms with Crippen LogP contribution in [0.15, 0.2) is 0 Å². The molecule has 14 heavy (non-hydrogen) atoms. The molecule has 4 heteroatoms. The molecule has 0 aromatic rings. The summed E-state index contributed by atoms with van der Waals surface area (Å²) in [7, 11) is 3.51. The van der Waals surface area contributed by atoms with Crippen LogP contribution in [0.1, 0.15) is 19.3 Å². The molecule has 0 aliphatic carbocycles. The molecular weight excluding hydrogens is 180 g/mol. The zero-order chi connectivity index (χ0) is 10.4. The van der Waals surface area contributed by atoms with Gasteiger partial charge in [-0.25, -0.2) is 0 Å². The number of nitrogens with one attached hydrogen (secondary N) is 1. The molecule has 0 unspecified atom stereocenters. The number of likely N-dealkylation sites (N-methyl/N-ethyl adjacent to an activating group) is 1. The van der Waals surface area contributed by atoms with Crippen LogP contribution < -0.4 is 5.32 Å². The fourth-order valence-electron chi connectivity index (χ4n) is 1.73. The van der Waals surface area contributed by atoms with Gasteiger partial charge in [0.2, 0.25) is 5.91 Å². The molecule has 0 bridgehead atoms. The van der Waals surface area contributed by atoms with E-state index >= 15 is 0 Å². The van der Waals surface area contributed by atoms with Gasteiger partial charge in [0, 0.05) is 26.7 Å². The number of methoxy groups -OCH3 is 1. The third kappa shape index (κ3) is 3.27. The van der Waals surface area contributed by atoms with Crippen LogP contribution in [0.2, 0.25) is 0 Å². The Bertz CT molecular complexity index is 179. The summed E-state index contributed by atoms with van der Waals surface area (Å²) < 4.78 is 4.89. The van der Waals surface area contributed by atoms with E-state index in [1.807, 2.05) is 11.9 Å². The second-order valence-corrected chi connectivity index (χ2v) is 3.75. The summed E-state index contributed by atoms with van der Waals surface area (Å²) in [5.74, 6) is 0.181. The van der Waals surface area contributed by atoms with E-state index in [1.54, 1.807) is 7.11 Å². The van der Waals surface area contributed by atoms with Crippen LogP contribution in [-0.4, -0.2) is 50.7 Å². The van der Waals surface area contributed by atoms with Gasteiger partial charge in [0.1, 0.15) is 0 Å². The van der Waals surface area contributed by atoms with Gasteiger partial charge in [-0.2, -0.15) is 0 Å². The lowest BCUT2D eigenvalue weighted by molar-refractivity contribution is -0.133. The van der Waals surface area contributed by atoms with Crippen LogP contribution in [0.4, 0.5) is 0 Å². The Morgan fingerprint density at radius 2 is 2.43 bits per heavy atom. The van der Waals surface area contributed by atoms with Gasteiger partial charge in [-0.15, -0.1) is 0 Å². The Morgan fingerprint density at radius 1 is 1.64 bits per heavy atom. The van der Waals surface area contributed by atoms with E-state index in [0.29, 0.717) is 19.1 Å². The Labute approximate surface area is 85.6 Å². The van der Waals surface area contributed by atoms with Crippen molar-refractivity contribution in [1.82, 2.24) is 10.2 Å². The average molecular weight is 200 g/mol. The second-order valence-electron chi connectivity index (χ2n) is 3.75. The topological polar surface area (TPSA) is 41.6 Å². The van der Waals surface area contributed by atoms with Crippen molar-refractivity contribution in [3.8, 4) is 0 Å². The summed E-state index contributed by atoms with van der Waals surface area (Å²) in [5.41, 5.74) is 0. The highest BCUT2D eigenvalue weighted by Gasteiger charge is 2.21. The number of ether oxygens (including phenoxy) is 1. The maximum Gasteiger partial charge on any atom is 0.224 e. The van der Waals surface area contributed by atoms with Crippen LogP contribution in [0.3, 0.4) is 0 Å². The molecule has 0 aromatic carbocycles. The van der Waals surface area contributed by atoms with Gasteiger partial charge in [-0.3, -0.25) is 4.79 Å². The van der Waals surface area contributed by atoms with Crippen molar-refractivity contribution in [2.24, 2.45) is 0 Å². The van der Waals surface area contributed by atoms with E-state index in [2.05, 4.69) is 5.32 Å². The quantitative estimate of drug-likeness (QED) is 0.706. The summed E-state index contributed by atoms with van der Waals surface area (Å²) in [4.78, 5) is 13.5. The number of hydrogen-bond donors (Lipinski definition) is 1. The number of amides is 1. The third-order valence-corrected chi connectivity index (χ3v) is 2.73. The van der Waals surface area contributed by atoms with E-state index in [-0.39, 0.29) is 5.91 Å². The lowest BCUT2D eigenvalue weighted by Crippen LogP contribution is -2.46. The van der Waals surface area contributed by atoms with Gasteiger partial charge >= 0.3 is 0 Å². The minimum atomic E-state index is 0.181. The van der Waals surface area contributed by atoms with Gasteiger partial charge in [0.25, 0.3) is 0 Å². The number of rotatable bonds is 4. The number of piperidine rings is 1. The van der Waals surface area contributed by atoms with Crippen molar-refractivity contribution in [1.29, 1.82) is 0 Å². The van der Waals surface area contributed by atoms with E-state index in [1.165, 1.54) is 0 Å². The minimum absolute atomic E-state index is 0.181. The molecule has 1 saturated heterocycles. The fraction of sp³-hybridized carbons (Fsp3) is 0.900. The predicted molar refractivity (Wildman–Crippen MR) is 55.2 cm³/mol. The predicted octanol–water partition coefficient (Wildman–Crippen LogP) is 0.233. The first kappa shape index (κ1) is 11.5. The lowest BCUT2D eigenvalue weighted by Gasteiger charge is -2.31. The summed E-state index contributed by atoms with van der Waals surface area (Å²) >= 11 is 0. The standard InChI is InChI=1S/C10H20N2O2/c1-12(10(13)5-7-14-2)9-4-3-6-11-8-9/h9,11H,3-8H2,1-2H3/t9-/m1/s1. The first-order valence-corrected chi connectivity index (χ1v) is 5.21. The molecule has 0 radical (unpaired) electrons. The van der Waals surface area contributed by atoms with Crippen LogP contribution in [0.5, 0.6) is 0 Å². The van der Waals surface area contributed by atoms with Crippen molar-refractivity contribution in [3.05, 3.63) is 0 Å². The van der Waals surface area contributed by atoms with Gasteiger partial charge in [-0.1, -0.05) is 0 Å². The van der Waals surface area contributed by atoms with E-state index < -0.39 is 0 Å². The summed E-state index contributed by atoms with van der Waals surface area (Å²) in [6.45, 7) is 2.52. The lowest BCUT2D eigenvalue weighted by atomic mass is 10.1.